The van der Waals surface area contributed by atoms with Crippen molar-refractivity contribution >= 4 is 58.0 Å². The Morgan fingerprint density at radius 2 is 1.50 bits per heavy atom. The van der Waals surface area contributed by atoms with Crippen LogP contribution < -0.4 is 0 Å². The Kier molecular flexibility index (Phi) is 3.92. The highest BCUT2D eigenvalue weighted by Crippen LogP contribution is 2.73. The van der Waals surface area contributed by atoms with Gasteiger partial charge < -0.3 is 9.47 Å². The summed E-state index contributed by atoms with van der Waals surface area (Å²) >= 11 is 32.0. The van der Waals surface area contributed by atoms with Crippen LogP contribution in [-0.2, 0) is 9.47 Å². The Hall–Kier alpha value is 1.11. The zero-order valence-electron chi connectivity index (χ0n) is 10.1. The van der Waals surface area contributed by atoms with Gasteiger partial charge in [0, 0.05) is 26.0 Å². The lowest BCUT2D eigenvalue weighted by Crippen LogP contribution is -2.57. The second-order valence-electron chi connectivity index (χ2n) is 4.63. The van der Waals surface area contributed by atoms with Crippen LogP contribution in [-0.4, -0.2) is 35.6 Å². The maximum atomic E-state index is 6.72. The molecule has 0 aromatic heterocycles. The number of hydrogen-bond donors (Lipinski definition) is 0. The van der Waals surface area contributed by atoms with Crippen molar-refractivity contribution in [1.29, 1.82) is 0 Å². The van der Waals surface area contributed by atoms with E-state index in [1.807, 2.05) is 6.92 Å². The minimum absolute atomic E-state index is 0.135. The molecule has 1 fully saturated rings. The SMILES string of the molecule is COC1(OC)C2(Cl)C(Cl)=C(Cl)C1(Cl)C(CCl)C2C. The third kappa shape index (κ3) is 1.27. The molecule has 0 heterocycles. The smallest absolute Gasteiger partial charge is 0.217 e. The first-order chi connectivity index (χ1) is 8.29. The van der Waals surface area contributed by atoms with Crippen LogP contribution in [0.1, 0.15) is 6.92 Å². The molecule has 2 aliphatic rings. The summed E-state index contributed by atoms with van der Waals surface area (Å²) in [5, 5.41) is 0.534. The first-order valence-electron chi connectivity index (χ1n) is 5.39. The van der Waals surface area contributed by atoms with Gasteiger partial charge >= 0.3 is 0 Å². The Bertz CT molecular complexity index is 408. The predicted octanol–water partition coefficient (Wildman–Crippen LogP) is 4.14. The van der Waals surface area contributed by atoms with Crippen LogP contribution in [0.3, 0.4) is 0 Å². The monoisotopic (exact) mass is 352 g/mol. The van der Waals surface area contributed by atoms with Gasteiger partial charge in [0.15, 0.2) is 0 Å². The van der Waals surface area contributed by atoms with Gasteiger partial charge in [-0.05, 0) is 5.92 Å². The summed E-state index contributed by atoms with van der Waals surface area (Å²) in [5.41, 5.74) is 0. The molecule has 4 atom stereocenters. The predicted molar refractivity (Wildman–Crippen MR) is 76.0 cm³/mol. The molecule has 2 bridgehead atoms. The molecule has 2 nitrogen and oxygen atoms in total. The van der Waals surface area contributed by atoms with E-state index in [9.17, 15) is 0 Å². The summed E-state index contributed by atoms with van der Waals surface area (Å²) in [6, 6.07) is 0. The topological polar surface area (TPSA) is 18.5 Å². The fourth-order valence-corrected chi connectivity index (χ4v) is 6.11. The van der Waals surface area contributed by atoms with E-state index in [1.54, 1.807) is 0 Å². The third-order valence-electron chi connectivity index (χ3n) is 4.27. The molecule has 0 radical (unpaired) electrons. The number of hydrogen-bond acceptors (Lipinski definition) is 2. The highest BCUT2D eigenvalue weighted by atomic mass is 35.5. The van der Waals surface area contributed by atoms with Gasteiger partial charge in [-0.25, -0.2) is 0 Å². The van der Waals surface area contributed by atoms with E-state index in [2.05, 4.69) is 0 Å². The minimum Gasteiger partial charge on any atom is -0.350 e. The van der Waals surface area contributed by atoms with Crippen LogP contribution in [0.15, 0.2) is 10.1 Å². The average Bonchev–Trinajstić information content (AvgIpc) is 2.59. The lowest BCUT2D eigenvalue weighted by Gasteiger charge is -2.41. The molecule has 0 N–H and O–H groups in total. The zero-order valence-corrected chi connectivity index (χ0v) is 13.8. The molecule has 7 heteroatoms. The summed E-state index contributed by atoms with van der Waals surface area (Å²) in [6.45, 7) is 1.92. The highest BCUT2D eigenvalue weighted by molar-refractivity contribution is 6.52. The lowest BCUT2D eigenvalue weighted by atomic mass is 9.84. The molecule has 104 valence electrons. The summed E-state index contributed by atoms with van der Waals surface area (Å²) in [5.74, 6) is -1.37. The Morgan fingerprint density at radius 3 is 1.83 bits per heavy atom. The first kappa shape index (κ1) is 15.5. The summed E-state index contributed by atoms with van der Waals surface area (Å²) < 4.78 is 11.1. The third-order valence-corrected chi connectivity index (χ3v) is 7.37. The number of methoxy groups -OCH3 is 2. The maximum Gasteiger partial charge on any atom is 0.217 e. The Labute approximate surface area is 131 Å². The number of rotatable bonds is 3. The van der Waals surface area contributed by atoms with E-state index in [0.717, 1.165) is 0 Å². The number of ether oxygens (including phenoxy) is 2. The molecule has 2 rings (SSSR count). The fourth-order valence-electron chi connectivity index (χ4n) is 3.32. The van der Waals surface area contributed by atoms with Crippen molar-refractivity contribution in [3.63, 3.8) is 0 Å². The zero-order chi connectivity index (χ0) is 13.9. The van der Waals surface area contributed by atoms with Crippen LogP contribution in [0.25, 0.3) is 0 Å². The number of alkyl halides is 3. The lowest BCUT2D eigenvalue weighted by molar-refractivity contribution is -0.220. The summed E-state index contributed by atoms with van der Waals surface area (Å²) in [6.07, 6.45) is 0. The van der Waals surface area contributed by atoms with Gasteiger partial charge in [-0.15, -0.1) is 34.8 Å². The van der Waals surface area contributed by atoms with Crippen LogP contribution >= 0.6 is 58.0 Å². The molecule has 1 saturated carbocycles. The van der Waals surface area contributed by atoms with Crippen molar-refractivity contribution in [2.75, 3.05) is 20.1 Å². The van der Waals surface area contributed by atoms with Gasteiger partial charge in [0.05, 0.1) is 10.1 Å². The van der Waals surface area contributed by atoms with Gasteiger partial charge in [0.1, 0.15) is 9.75 Å². The molecule has 0 aromatic rings. The molecule has 18 heavy (non-hydrogen) atoms. The van der Waals surface area contributed by atoms with Gasteiger partial charge in [0.25, 0.3) is 0 Å². The quantitative estimate of drug-likeness (QED) is 0.560. The second kappa shape index (κ2) is 4.56. The fraction of sp³-hybridized carbons (Fsp3) is 0.818. The number of fused-ring (bicyclic) bond motifs is 2. The van der Waals surface area contributed by atoms with Gasteiger partial charge in [-0.2, -0.15) is 0 Å². The molecule has 0 aliphatic heterocycles. The summed E-state index contributed by atoms with van der Waals surface area (Å²) in [7, 11) is 2.95. The average molecular weight is 354 g/mol. The van der Waals surface area contributed by atoms with Crippen molar-refractivity contribution < 1.29 is 9.47 Å². The molecule has 0 amide bonds. The van der Waals surface area contributed by atoms with E-state index >= 15 is 0 Å². The van der Waals surface area contributed by atoms with E-state index in [1.165, 1.54) is 14.2 Å². The largest absolute Gasteiger partial charge is 0.350 e. The standard InChI is InChI=1S/C11H13Cl5O2/c1-5-6(4-12)10(16)8(14)7(13)9(5,15)11(10,17-2)18-3/h5-6H,4H2,1-3H3. The van der Waals surface area contributed by atoms with Crippen molar-refractivity contribution in [2.24, 2.45) is 11.8 Å². The molecular weight excluding hydrogens is 341 g/mol. The molecule has 4 unspecified atom stereocenters. The van der Waals surface area contributed by atoms with Crippen LogP contribution in [0.4, 0.5) is 0 Å². The van der Waals surface area contributed by atoms with E-state index in [4.69, 9.17) is 67.5 Å². The maximum absolute atomic E-state index is 6.72. The van der Waals surface area contributed by atoms with Crippen LogP contribution in [0, 0.1) is 11.8 Å². The Balaban J connectivity index is 2.76. The highest BCUT2D eigenvalue weighted by Gasteiger charge is 2.83. The van der Waals surface area contributed by atoms with Crippen molar-refractivity contribution in [1.82, 2.24) is 0 Å². The van der Waals surface area contributed by atoms with Crippen molar-refractivity contribution in [3.05, 3.63) is 10.1 Å². The van der Waals surface area contributed by atoms with E-state index < -0.39 is 15.5 Å². The van der Waals surface area contributed by atoms with E-state index in [0.29, 0.717) is 0 Å². The normalized spacial score (nSPS) is 46.0. The number of halogens is 5. The Morgan fingerprint density at radius 1 is 1.06 bits per heavy atom. The van der Waals surface area contributed by atoms with Crippen LogP contribution in [0.5, 0.6) is 0 Å². The molecule has 0 spiro atoms. The van der Waals surface area contributed by atoms with Crippen LogP contribution in [0.2, 0.25) is 0 Å². The second-order valence-corrected chi connectivity index (χ2v) is 6.88. The van der Waals surface area contributed by atoms with Crippen molar-refractivity contribution in [2.45, 2.75) is 22.5 Å². The van der Waals surface area contributed by atoms with Gasteiger partial charge in [-0.1, -0.05) is 30.1 Å². The van der Waals surface area contributed by atoms with Crippen molar-refractivity contribution in [3.8, 4) is 0 Å². The van der Waals surface area contributed by atoms with Gasteiger partial charge in [-0.3, -0.25) is 0 Å². The minimum atomic E-state index is -1.32. The molecular formula is C11H13Cl5O2. The molecule has 2 aliphatic carbocycles. The first-order valence-corrected chi connectivity index (χ1v) is 7.44. The molecule has 0 aromatic carbocycles. The summed E-state index contributed by atoms with van der Waals surface area (Å²) in [4.78, 5) is -2.30. The molecule has 0 saturated heterocycles. The van der Waals surface area contributed by atoms with E-state index in [-0.39, 0.29) is 27.8 Å². The van der Waals surface area contributed by atoms with Gasteiger partial charge in [0.2, 0.25) is 5.79 Å².